The molecule has 0 saturated carbocycles. The van der Waals surface area contributed by atoms with Crippen molar-refractivity contribution in [2.45, 2.75) is 0 Å². The molecule has 144 valence electrons. The van der Waals surface area contributed by atoms with Gasteiger partial charge in [-0.3, -0.25) is 4.79 Å². The van der Waals surface area contributed by atoms with Crippen LogP contribution in [0.15, 0.2) is 91.1 Å². The van der Waals surface area contributed by atoms with Crippen LogP contribution in [0.3, 0.4) is 0 Å². The Morgan fingerprint density at radius 2 is 1.62 bits per heavy atom. The zero-order chi connectivity index (χ0) is 20.2. The zero-order valence-corrected chi connectivity index (χ0v) is 16.3. The molecule has 1 amide bonds. The molecule has 1 heterocycles. The van der Waals surface area contributed by atoms with Crippen molar-refractivity contribution in [1.82, 2.24) is 9.78 Å². The fourth-order valence-electron chi connectivity index (χ4n) is 3.18. The lowest BCUT2D eigenvalue weighted by molar-refractivity contribution is 0.0993. The molecule has 0 aliphatic rings. The van der Waals surface area contributed by atoms with Crippen molar-refractivity contribution in [3.8, 4) is 22.7 Å². The molecule has 0 radical (unpaired) electrons. The van der Waals surface area contributed by atoms with Gasteiger partial charge in [-0.1, -0.05) is 48.5 Å². The number of amides is 1. The van der Waals surface area contributed by atoms with E-state index in [9.17, 15) is 4.79 Å². The third-order valence-corrected chi connectivity index (χ3v) is 4.76. The van der Waals surface area contributed by atoms with E-state index in [1.54, 1.807) is 29.9 Å². The number of methoxy groups -OCH3 is 1. The number of aromatic nitrogens is 2. The number of carbonyl (C=O) groups is 1. The van der Waals surface area contributed by atoms with Crippen LogP contribution in [0.2, 0.25) is 0 Å². The molecule has 0 unspecified atom stereocenters. The number of nitrogens with zero attached hydrogens (tertiary/aromatic N) is 3. The van der Waals surface area contributed by atoms with Gasteiger partial charge in [0.1, 0.15) is 11.4 Å². The molecule has 0 saturated heterocycles. The fraction of sp³-hybridized carbons (Fsp3) is 0.0833. The Morgan fingerprint density at radius 3 is 2.31 bits per heavy atom. The molecule has 0 aliphatic heterocycles. The van der Waals surface area contributed by atoms with Gasteiger partial charge in [0.2, 0.25) is 0 Å². The highest BCUT2D eigenvalue weighted by Crippen LogP contribution is 2.28. The smallest absolute Gasteiger partial charge is 0.261 e. The first-order valence-corrected chi connectivity index (χ1v) is 9.30. The maximum absolute atomic E-state index is 13.4. The van der Waals surface area contributed by atoms with Gasteiger partial charge in [-0.25, -0.2) is 4.68 Å². The molecule has 0 atom stereocenters. The zero-order valence-electron chi connectivity index (χ0n) is 16.3. The standard InChI is InChI=1S/C24H21N3O2/c1-26(19-11-5-3-6-12-19)24(28)22-17-27(20-13-7-4-8-14-20)25-23(22)18-10-9-15-21(16-18)29-2/h3-17H,1-2H3. The minimum atomic E-state index is -0.129. The third kappa shape index (κ3) is 3.75. The topological polar surface area (TPSA) is 47.4 Å². The van der Waals surface area contributed by atoms with Crippen LogP contribution in [-0.4, -0.2) is 29.8 Å². The fourth-order valence-corrected chi connectivity index (χ4v) is 3.18. The molecule has 0 fully saturated rings. The molecule has 1 aromatic heterocycles. The average Bonchev–Trinajstić information content (AvgIpc) is 3.25. The van der Waals surface area contributed by atoms with Crippen LogP contribution < -0.4 is 9.64 Å². The summed E-state index contributed by atoms with van der Waals surface area (Å²) in [6.07, 6.45) is 1.78. The SMILES string of the molecule is COc1cccc(-c2nn(-c3ccccc3)cc2C(=O)N(C)c2ccccc2)c1. The summed E-state index contributed by atoms with van der Waals surface area (Å²) >= 11 is 0. The Balaban J connectivity index is 1.82. The van der Waals surface area contributed by atoms with Crippen LogP contribution in [0.5, 0.6) is 5.75 Å². The van der Waals surface area contributed by atoms with Gasteiger partial charge in [-0.2, -0.15) is 5.10 Å². The average molecular weight is 383 g/mol. The van der Waals surface area contributed by atoms with Crippen molar-refractivity contribution in [3.05, 3.63) is 96.7 Å². The second-order valence-electron chi connectivity index (χ2n) is 6.60. The van der Waals surface area contributed by atoms with Gasteiger partial charge in [-0.05, 0) is 36.4 Å². The maximum atomic E-state index is 13.4. The van der Waals surface area contributed by atoms with E-state index in [0.29, 0.717) is 17.0 Å². The lowest BCUT2D eigenvalue weighted by atomic mass is 10.1. The van der Waals surface area contributed by atoms with Crippen molar-refractivity contribution in [3.63, 3.8) is 0 Å². The summed E-state index contributed by atoms with van der Waals surface area (Å²) in [6, 6.07) is 26.9. The van der Waals surface area contributed by atoms with Crippen LogP contribution in [0.25, 0.3) is 16.9 Å². The quantitative estimate of drug-likeness (QED) is 0.496. The van der Waals surface area contributed by atoms with Gasteiger partial charge in [0.05, 0.1) is 18.4 Å². The van der Waals surface area contributed by atoms with Gasteiger partial charge in [0.25, 0.3) is 5.91 Å². The van der Waals surface area contributed by atoms with Crippen LogP contribution in [0.4, 0.5) is 5.69 Å². The third-order valence-electron chi connectivity index (χ3n) is 4.76. The Labute approximate surface area is 169 Å². The number of hydrogen-bond donors (Lipinski definition) is 0. The maximum Gasteiger partial charge on any atom is 0.261 e. The van der Waals surface area contributed by atoms with Crippen molar-refractivity contribution in [2.75, 3.05) is 19.1 Å². The van der Waals surface area contributed by atoms with E-state index >= 15 is 0 Å². The molecule has 0 bridgehead atoms. The Kier molecular flexibility index (Phi) is 5.12. The van der Waals surface area contributed by atoms with E-state index in [1.165, 1.54) is 0 Å². The molecule has 29 heavy (non-hydrogen) atoms. The van der Waals surface area contributed by atoms with E-state index in [4.69, 9.17) is 9.84 Å². The van der Waals surface area contributed by atoms with Gasteiger partial charge in [-0.15, -0.1) is 0 Å². The Bertz CT molecular complexity index is 1120. The molecular formula is C24H21N3O2. The molecule has 4 rings (SSSR count). The van der Waals surface area contributed by atoms with Gasteiger partial charge in [0.15, 0.2) is 0 Å². The van der Waals surface area contributed by atoms with Crippen molar-refractivity contribution in [1.29, 1.82) is 0 Å². The monoisotopic (exact) mass is 383 g/mol. The van der Waals surface area contributed by atoms with Crippen LogP contribution >= 0.6 is 0 Å². The largest absolute Gasteiger partial charge is 0.497 e. The number of rotatable bonds is 5. The molecule has 3 aromatic carbocycles. The number of benzene rings is 3. The highest BCUT2D eigenvalue weighted by molar-refractivity contribution is 6.09. The lowest BCUT2D eigenvalue weighted by Gasteiger charge is -2.17. The first-order chi connectivity index (χ1) is 14.2. The van der Waals surface area contributed by atoms with Crippen LogP contribution in [0, 0.1) is 0 Å². The van der Waals surface area contributed by atoms with Gasteiger partial charge < -0.3 is 9.64 Å². The predicted octanol–water partition coefficient (Wildman–Crippen LogP) is 4.82. The van der Waals surface area contributed by atoms with E-state index in [1.807, 2.05) is 84.9 Å². The van der Waals surface area contributed by atoms with E-state index in [2.05, 4.69) is 0 Å². The second kappa shape index (κ2) is 8.02. The minimum absolute atomic E-state index is 0.129. The molecule has 0 N–H and O–H groups in total. The highest BCUT2D eigenvalue weighted by atomic mass is 16.5. The summed E-state index contributed by atoms with van der Waals surface area (Å²) in [5.74, 6) is 0.586. The number of anilines is 1. The molecule has 5 nitrogen and oxygen atoms in total. The van der Waals surface area contributed by atoms with Gasteiger partial charge >= 0.3 is 0 Å². The Morgan fingerprint density at radius 1 is 0.931 bits per heavy atom. The summed E-state index contributed by atoms with van der Waals surface area (Å²) < 4.78 is 7.09. The highest BCUT2D eigenvalue weighted by Gasteiger charge is 2.22. The number of hydrogen-bond acceptors (Lipinski definition) is 3. The molecular weight excluding hydrogens is 362 g/mol. The van der Waals surface area contributed by atoms with Crippen molar-refractivity contribution < 1.29 is 9.53 Å². The summed E-state index contributed by atoms with van der Waals surface area (Å²) in [5.41, 5.74) is 3.66. The second-order valence-corrected chi connectivity index (χ2v) is 6.60. The predicted molar refractivity (Wildman–Crippen MR) is 115 cm³/mol. The number of carbonyl (C=O) groups excluding carboxylic acids is 1. The lowest BCUT2D eigenvalue weighted by Crippen LogP contribution is -2.26. The Hall–Kier alpha value is -3.86. The molecule has 4 aromatic rings. The number of para-hydroxylation sites is 2. The summed E-state index contributed by atoms with van der Waals surface area (Å²) in [6.45, 7) is 0. The summed E-state index contributed by atoms with van der Waals surface area (Å²) in [4.78, 5) is 15.0. The van der Waals surface area contributed by atoms with Crippen molar-refractivity contribution >= 4 is 11.6 Å². The minimum Gasteiger partial charge on any atom is -0.497 e. The molecule has 0 aliphatic carbocycles. The van der Waals surface area contributed by atoms with Gasteiger partial charge in [0, 0.05) is 24.5 Å². The molecule has 5 heteroatoms. The summed E-state index contributed by atoms with van der Waals surface area (Å²) in [5, 5.41) is 4.74. The normalized spacial score (nSPS) is 10.6. The van der Waals surface area contributed by atoms with Crippen LogP contribution in [-0.2, 0) is 0 Å². The first-order valence-electron chi connectivity index (χ1n) is 9.30. The van der Waals surface area contributed by atoms with Crippen LogP contribution in [0.1, 0.15) is 10.4 Å². The van der Waals surface area contributed by atoms with E-state index in [0.717, 1.165) is 16.9 Å². The van der Waals surface area contributed by atoms with Crippen molar-refractivity contribution in [2.24, 2.45) is 0 Å². The summed E-state index contributed by atoms with van der Waals surface area (Å²) in [7, 11) is 3.39. The first kappa shape index (κ1) is 18.5. The van der Waals surface area contributed by atoms with E-state index in [-0.39, 0.29) is 5.91 Å². The number of ether oxygens (including phenoxy) is 1. The van der Waals surface area contributed by atoms with E-state index < -0.39 is 0 Å². The molecule has 0 spiro atoms.